The van der Waals surface area contributed by atoms with Crippen LogP contribution >= 0.6 is 0 Å². The van der Waals surface area contributed by atoms with E-state index < -0.39 is 0 Å². The Bertz CT molecular complexity index is 320. The van der Waals surface area contributed by atoms with E-state index in [1.165, 1.54) is 11.1 Å². The van der Waals surface area contributed by atoms with Crippen LogP contribution in [0, 0.1) is 0 Å². The number of nitrogens with one attached hydrogen (secondary N) is 1. The first kappa shape index (κ1) is 15.2. The van der Waals surface area contributed by atoms with Crippen molar-refractivity contribution in [3.63, 3.8) is 0 Å². The fraction of sp³-hybridized carbons (Fsp3) is 0.600. The summed E-state index contributed by atoms with van der Waals surface area (Å²) in [6, 6.07) is 8.51. The standard InChI is InChI=1S/C15H25NO2/c1-3-12(2)14-6-4-13(5-7-14)8-9-16-15(10-17)11-18/h4-7,12,15-18H,3,8-11H2,1-2H3. The van der Waals surface area contributed by atoms with Crippen LogP contribution in [0.3, 0.4) is 0 Å². The van der Waals surface area contributed by atoms with E-state index in [1.54, 1.807) is 0 Å². The van der Waals surface area contributed by atoms with Crippen molar-refractivity contribution >= 4 is 0 Å². The summed E-state index contributed by atoms with van der Waals surface area (Å²) < 4.78 is 0. The summed E-state index contributed by atoms with van der Waals surface area (Å²) in [5, 5.41) is 21.0. The van der Waals surface area contributed by atoms with Gasteiger partial charge in [-0.3, -0.25) is 0 Å². The molecular formula is C15H25NO2. The molecule has 1 aromatic carbocycles. The SMILES string of the molecule is CCC(C)c1ccc(CCNC(CO)CO)cc1. The third-order valence-electron chi connectivity index (χ3n) is 3.45. The van der Waals surface area contributed by atoms with E-state index in [9.17, 15) is 0 Å². The number of rotatable bonds is 8. The minimum absolute atomic E-state index is 0.0244. The second-order valence-corrected chi connectivity index (χ2v) is 4.82. The van der Waals surface area contributed by atoms with Gasteiger partial charge in [-0.15, -0.1) is 0 Å². The molecule has 0 aliphatic rings. The van der Waals surface area contributed by atoms with Gasteiger partial charge in [-0.25, -0.2) is 0 Å². The topological polar surface area (TPSA) is 52.5 Å². The minimum atomic E-state index is -0.204. The average molecular weight is 251 g/mol. The van der Waals surface area contributed by atoms with Gasteiger partial charge in [0.25, 0.3) is 0 Å². The third-order valence-corrected chi connectivity index (χ3v) is 3.45. The Balaban J connectivity index is 2.39. The first-order valence-corrected chi connectivity index (χ1v) is 6.75. The zero-order valence-corrected chi connectivity index (χ0v) is 11.4. The van der Waals surface area contributed by atoms with Gasteiger partial charge in [-0.05, 0) is 36.4 Å². The molecule has 0 bridgehead atoms. The van der Waals surface area contributed by atoms with Gasteiger partial charge in [-0.2, -0.15) is 0 Å². The summed E-state index contributed by atoms with van der Waals surface area (Å²) in [6.07, 6.45) is 2.08. The van der Waals surface area contributed by atoms with Gasteiger partial charge in [0.15, 0.2) is 0 Å². The average Bonchev–Trinajstić information content (AvgIpc) is 2.43. The van der Waals surface area contributed by atoms with Crippen molar-refractivity contribution in [1.82, 2.24) is 5.32 Å². The molecule has 0 fully saturated rings. The van der Waals surface area contributed by atoms with Crippen LogP contribution in [0.1, 0.15) is 37.3 Å². The fourth-order valence-corrected chi connectivity index (χ4v) is 1.86. The summed E-state index contributed by atoms with van der Waals surface area (Å²) >= 11 is 0. The van der Waals surface area contributed by atoms with Gasteiger partial charge in [0.2, 0.25) is 0 Å². The number of hydrogen-bond donors (Lipinski definition) is 3. The molecule has 1 rings (SSSR count). The van der Waals surface area contributed by atoms with Crippen LogP contribution in [-0.4, -0.2) is 36.0 Å². The predicted molar refractivity (Wildman–Crippen MR) is 74.8 cm³/mol. The molecule has 18 heavy (non-hydrogen) atoms. The van der Waals surface area contributed by atoms with Gasteiger partial charge in [0.05, 0.1) is 19.3 Å². The van der Waals surface area contributed by atoms with Crippen molar-refractivity contribution in [1.29, 1.82) is 0 Å². The van der Waals surface area contributed by atoms with Gasteiger partial charge in [0.1, 0.15) is 0 Å². The molecule has 0 radical (unpaired) electrons. The Kier molecular flexibility index (Phi) is 6.94. The molecular weight excluding hydrogens is 226 g/mol. The van der Waals surface area contributed by atoms with Crippen LogP contribution in [0.15, 0.2) is 24.3 Å². The van der Waals surface area contributed by atoms with Gasteiger partial charge in [-0.1, -0.05) is 38.1 Å². The summed E-state index contributed by atoms with van der Waals surface area (Å²) in [7, 11) is 0. The van der Waals surface area contributed by atoms with E-state index in [0.717, 1.165) is 19.4 Å². The van der Waals surface area contributed by atoms with Crippen LogP contribution in [0.25, 0.3) is 0 Å². The van der Waals surface area contributed by atoms with E-state index >= 15 is 0 Å². The Morgan fingerprint density at radius 3 is 2.22 bits per heavy atom. The molecule has 1 unspecified atom stereocenters. The molecule has 1 aromatic rings. The van der Waals surface area contributed by atoms with E-state index in [1.807, 2.05) is 0 Å². The lowest BCUT2D eigenvalue weighted by molar-refractivity contribution is 0.171. The van der Waals surface area contributed by atoms with Crippen molar-refractivity contribution in [2.24, 2.45) is 0 Å². The predicted octanol–water partition coefficient (Wildman–Crippen LogP) is 1.69. The van der Waals surface area contributed by atoms with Gasteiger partial charge < -0.3 is 15.5 Å². The molecule has 0 amide bonds. The minimum Gasteiger partial charge on any atom is -0.395 e. The van der Waals surface area contributed by atoms with Crippen LogP contribution in [-0.2, 0) is 6.42 Å². The molecule has 0 aliphatic carbocycles. The second-order valence-electron chi connectivity index (χ2n) is 4.82. The maximum absolute atomic E-state index is 8.93. The van der Waals surface area contributed by atoms with Crippen molar-refractivity contribution in [3.05, 3.63) is 35.4 Å². The molecule has 0 heterocycles. The van der Waals surface area contributed by atoms with E-state index in [0.29, 0.717) is 5.92 Å². The Morgan fingerprint density at radius 1 is 1.11 bits per heavy atom. The van der Waals surface area contributed by atoms with Crippen molar-refractivity contribution in [2.75, 3.05) is 19.8 Å². The lowest BCUT2D eigenvalue weighted by Gasteiger charge is -2.13. The van der Waals surface area contributed by atoms with Crippen LogP contribution in [0.2, 0.25) is 0 Å². The highest BCUT2D eigenvalue weighted by Gasteiger charge is 2.05. The van der Waals surface area contributed by atoms with Gasteiger partial charge >= 0.3 is 0 Å². The fourth-order valence-electron chi connectivity index (χ4n) is 1.86. The van der Waals surface area contributed by atoms with E-state index in [2.05, 4.69) is 43.4 Å². The van der Waals surface area contributed by atoms with Gasteiger partial charge in [0, 0.05) is 0 Å². The Labute approximate surface area is 110 Å². The summed E-state index contributed by atoms with van der Waals surface area (Å²) in [5.74, 6) is 0.616. The first-order chi connectivity index (χ1) is 8.71. The monoisotopic (exact) mass is 251 g/mol. The highest BCUT2D eigenvalue weighted by Crippen LogP contribution is 2.18. The number of benzene rings is 1. The smallest absolute Gasteiger partial charge is 0.0607 e. The highest BCUT2D eigenvalue weighted by atomic mass is 16.3. The quantitative estimate of drug-likeness (QED) is 0.659. The Hall–Kier alpha value is -0.900. The number of aliphatic hydroxyl groups excluding tert-OH is 2. The molecule has 0 saturated heterocycles. The maximum atomic E-state index is 8.93. The molecule has 1 atom stereocenters. The zero-order chi connectivity index (χ0) is 13.4. The lowest BCUT2D eigenvalue weighted by atomic mass is 9.97. The molecule has 0 spiro atoms. The van der Waals surface area contributed by atoms with Crippen molar-refractivity contribution < 1.29 is 10.2 Å². The van der Waals surface area contributed by atoms with Crippen LogP contribution in [0.5, 0.6) is 0 Å². The summed E-state index contributed by atoms with van der Waals surface area (Å²) in [5.41, 5.74) is 2.67. The Morgan fingerprint density at radius 2 is 1.72 bits per heavy atom. The van der Waals surface area contributed by atoms with E-state index in [-0.39, 0.29) is 19.3 Å². The summed E-state index contributed by atoms with van der Waals surface area (Å²) in [6.45, 7) is 5.16. The molecule has 102 valence electrons. The first-order valence-electron chi connectivity index (χ1n) is 6.75. The van der Waals surface area contributed by atoms with Crippen molar-refractivity contribution in [3.8, 4) is 0 Å². The molecule has 0 aromatic heterocycles. The zero-order valence-electron chi connectivity index (χ0n) is 11.4. The molecule has 0 aliphatic heterocycles. The highest BCUT2D eigenvalue weighted by molar-refractivity contribution is 5.25. The van der Waals surface area contributed by atoms with Crippen LogP contribution in [0.4, 0.5) is 0 Å². The largest absolute Gasteiger partial charge is 0.395 e. The number of hydrogen-bond acceptors (Lipinski definition) is 3. The molecule has 0 saturated carbocycles. The molecule has 3 N–H and O–H groups in total. The van der Waals surface area contributed by atoms with Crippen molar-refractivity contribution in [2.45, 2.75) is 38.6 Å². The molecule has 3 nitrogen and oxygen atoms in total. The summed E-state index contributed by atoms with van der Waals surface area (Å²) in [4.78, 5) is 0. The normalized spacial score (nSPS) is 12.9. The van der Waals surface area contributed by atoms with Crippen LogP contribution < -0.4 is 5.32 Å². The van der Waals surface area contributed by atoms with E-state index in [4.69, 9.17) is 10.2 Å². The third kappa shape index (κ3) is 4.77. The maximum Gasteiger partial charge on any atom is 0.0607 e. The lowest BCUT2D eigenvalue weighted by Crippen LogP contribution is -2.36. The second kappa shape index (κ2) is 8.25. The molecule has 3 heteroatoms. The number of aliphatic hydroxyl groups is 2.